The van der Waals surface area contributed by atoms with Gasteiger partial charge in [0.05, 0.1) is 17.9 Å². The molecule has 0 bridgehead atoms. The maximum absolute atomic E-state index is 13.0. The van der Waals surface area contributed by atoms with Gasteiger partial charge in [0.2, 0.25) is 5.78 Å². The molecule has 0 aliphatic carbocycles. The molecule has 1 atom stereocenters. The molecule has 1 aromatic carbocycles. The minimum absolute atomic E-state index is 0.0335. The molecule has 3 heterocycles. The van der Waals surface area contributed by atoms with Crippen molar-refractivity contribution in [1.29, 1.82) is 0 Å². The number of carbonyl (C=O) groups is 2. The molecule has 1 aliphatic rings. The van der Waals surface area contributed by atoms with Gasteiger partial charge in [-0.2, -0.15) is 0 Å². The van der Waals surface area contributed by atoms with Gasteiger partial charge in [-0.05, 0) is 42.0 Å². The van der Waals surface area contributed by atoms with Crippen LogP contribution in [0.1, 0.15) is 22.2 Å². The number of anilines is 1. The number of aromatic nitrogens is 1. The minimum Gasteiger partial charge on any atom is -0.503 e. The lowest BCUT2D eigenvalue weighted by Crippen LogP contribution is -2.31. The lowest BCUT2D eigenvalue weighted by Gasteiger charge is -2.25. The summed E-state index contributed by atoms with van der Waals surface area (Å²) in [4.78, 5) is 31.3. The number of amides is 1. The van der Waals surface area contributed by atoms with Gasteiger partial charge in [-0.1, -0.05) is 29.8 Å². The highest BCUT2D eigenvalue weighted by molar-refractivity contribution is 6.30. The molecule has 6 nitrogen and oxygen atoms in total. The third-order valence-electron chi connectivity index (χ3n) is 4.28. The van der Waals surface area contributed by atoms with Crippen LogP contribution in [0.15, 0.2) is 82.8 Å². The molecule has 1 aliphatic heterocycles. The largest absolute Gasteiger partial charge is 0.503 e. The zero-order valence-corrected chi connectivity index (χ0v) is 14.6. The van der Waals surface area contributed by atoms with Crippen molar-refractivity contribution in [2.45, 2.75) is 6.04 Å². The van der Waals surface area contributed by atoms with Crippen molar-refractivity contribution in [2.24, 2.45) is 0 Å². The van der Waals surface area contributed by atoms with Crippen LogP contribution in [0.3, 0.4) is 0 Å². The molecule has 4 rings (SSSR count). The molecule has 1 N–H and O–H groups in total. The number of hydrogen-bond donors (Lipinski definition) is 1. The fraction of sp³-hybridized carbons (Fsp3) is 0.0500. The number of carbonyl (C=O) groups excluding carboxylic acids is 2. The summed E-state index contributed by atoms with van der Waals surface area (Å²) in [7, 11) is 0. The SMILES string of the molecule is O=C(C1=C(O)C(=O)N(c2ccccn2)[C@H]1c1ccc(Cl)cc1)c1ccco1. The van der Waals surface area contributed by atoms with Gasteiger partial charge >= 0.3 is 0 Å². The third kappa shape index (κ3) is 2.90. The predicted octanol–water partition coefficient (Wildman–Crippen LogP) is 4.11. The lowest BCUT2D eigenvalue weighted by molar-refractivity contribution is -0.117. The number of rotatable bonds is 4. The quantitative estimate of drug-likeness (QED) is 0.688. The van der Waals surface area contributed by atoms with Crippen LogP contribution in [0.5, 0.6) is 0 Å². The summed E-state index contributed by atoms with van der Waals surface area (Å²) >= 11 is 5.97. The first-order valence-corrected chi connectivity index (χ1v) is 8.47. The summed E-state index contributed by atoms with van der Waals surface area (Å²) in [6.07, 6.45) is 2.89. The van der Waals surface area contributed by atoms with Gasteiger partial charge in [0, 0.05) is 11.2 Å². The summed E-state index contributed by atoms with van der Waals surface area (Å²) in [5.41, 5.74) is 0.542. The molecule has 3 aromatic rings. The zero-order chi connectivity index (χ0) is 19.0. The number of Topliss-reactive ketones (excluding diaryl/α,β-unsaturated/α-hetero) is 1. The Kier molecular flexibility index (Phi) is 4.25. The third-order valence-corrected chi connectivity index (χ3v) is 4.53. The monoisotopic (exact) mass is 380 g/mol. The molecule has 0 radical (unpaired) electrons. The number of ketones is 1. The van der Waals surface area contributed by atoms with E-state index in [0.29, 0.717) is 16.4 Å². The van der Waals surface area contributed by atoms with Gasteiger partial charge in [0.15, 0.2) is 11.5 Å². The Morgan fingerprint density at radius 2 is 1.89 bits per heavy atom. The van der Waals surface area contributed by atoms with Gasteiger partial charge < -0.3 is 9.52 Å². The van der Waals surface area contributed by atoms with Gasteiger partial charge in [-0.15, -0.1) is 0 Å². The first-order valence-electron chi connectivity index (χ1n) is 8.09. The minimum atomic E-state index is -0.859. The average Bonchev–Trinajstić information content (AvgIpc) is 3.31. The molecule has 0 unspecified atom stereocenters. The summed E-state index contributed by atoms with van der Waals surface area (Å²) in [6.45, 7) is 0. The second kappa shape index (κ2) is 6.74. The van der Waals surface area contributed by atoms with Crippen molar-refractivity contribution >= 4 is 29.1 Å². The lowest BCUT2D eigenvalue weighted by atomic mass is 9.95. The van der Waals surface area contributed by atoms with E-state index in [1.807, 2.05) is 0 Å². The molecular weight excluding hydrogens is 368 g/mol. The Morgan fingerprint density at radius 3 is 2.52 bits per heavy atom. The van der Waals surface area contributed by atoms with Gasteiger partial charge in [-0.25, -0.2) is 4.98 Å². The van der Waals surface area contributed by atoms with E-state index in [1.54, 1.807) is 48.5 Å². The Labute approximate surface area is 159 Å². The molecule has 0 saturated carbocycles. The Hall–Kier alpha value is -3.38. The van der Waals surface area contributed by atoms with Crippen LogP contribution < -0.4 is 4.90 Å². The number of aliphatic hydroxyl groups excluding tert-OH is 1. The van der Waals surface area contributed by atoms with Crippen molar-refractivity contribution in [3.05, 3.63) is 94.7 Å². The fourth-order valence-electron chi connectivity index (χ4n) is 3.07. The fourth-order valence-corrected chi connectivity index (χ4v) is 3.20. The maximum atomic E-state index is 13.0. The molecule has 134 valence electrons. The molecule has 1 amide bonds. The smallest absolute Gasteiger partial charge is 0.295 e. The zero-order valence-electron chi connectivity index (χ0n) is 13.9. The number of pyridine rings is 1. The van der Waals surface area contributed by atoms with E-state index in [0.717, 1.165) is 0 Å². The van der Waals surface area contributed by atoms with E-state index in [-0.39, 0.29) is 11.3 Å². The Bertz CT molecular complexity index is 1030. The average molecular weight is 381 g/mol. The van der Waals surface area contributed by atoms with Crippen LogP contribution in [0, 0.1) is 0 Å². The van der Waals surface area contributed by atoms with Gasteiger partial charge in [0.1, 0.15) is 5.82 Å². The molecular formula is C20H13ClN2O4. The van der Waals surface area contributed by atoms with Crippen molar-refractivity contribution in [1.82, 2.24) is 4.98 Å². The molecule has 2 aromatic heterocycles. The van der Waals surface area contributed by atoms with Crippen LogP contribution in [0.25, 0.3) is 0 Å². The van der Waals surface area contributed by atoms with Crippen LogP contribution in [-0.4, -0.2) is 21.8 Å². The van der Waals surface area contributed by atoms with Crippen LogP contribution in [0.2, 0.25) is 5.02 Å². The second-order valence-corrected chi connectivity index (χ2v) is 6.32. The molecule has 7 heteroatoms. The summed E-state index contributed by atoms with van der Waals surface area (Å²) < 4.78 is 5.17. The second-order valence-electron chi connectivity index (χ2n) is 5.89. The standard InChI is InChI=1S/C20H13ClN2O4/c21-13-8-6-12(7-9-13)17-16(18(24)14-4-3-11-27-14)19(25)20(26)23(17)15-5-1-2-10-22-15/h1-11,17,25H/t17-/m0/s1. The first kappa shape index (κ1) is 17.1. The Morgan fingerprint density at radius 1 is 1.11 bits per heavy atom. The van der Waals surface area contributed by atoms with E-state index in [1.165, 1.54) is 23.4 Å². The van der Waals surface area contributed by atoms with Crippen LogP contribution >= 0.6 is 11.6 Å². The van der Waals surface area contributed by atoms with Crippen molar-refractivity contribution in [3.63, 3.8) is 0 Å². The van der Waals surface area contributed by atoms with Crippen LogP contribution in [-0.2, 0) is 4.79 Å². The van der Waals surface area contributed by atoms with E-state index >= 15 is 0 Å². The number of nitrogens with zero attached hydrogens (tertiary/aromatic N) is 2. The van der Waals surface area contributed by atoms with Gasteiger partial charge in [0.25, 0.3) is 5.91 Å². The summed E-state index contributed by atoms with van der Waals surface area (Å²) in [5, 5.41) is 11.0. The number of halogens is 1. The normalized spacial score (nSPS) is 16.9. The van der Waals surface area contributed by atoms with E-state index in [4.69, 9.17) is 16.0 Å². The highest BCUT2D eigenvalue weighted by Crippen LogP contribution is 2.41. The molecule has 0 saturated heterocycles. The van der Waals surface area contributed by atoms with Crippen molar-refractivity contribution in [2.75, 3.05) is 4.90 Å². The summed E-state index contributed by atoms with van der Waals surface area (Å²) in [5.74, 6) is -1.54. The van der Waals surface area contributed by atoms with Gasteiger partial charge in [-0.3, -0.25) is 14.5 Å². The van der Waals surface area contributed by atoms with Crippen LogP contribution in [0.4, 0.5) is 5.82 Å². The van der Waals surface area contributed by atoms with E-state index < -0.39 is 23.5 Å². The predicted molar refractivity (Wildman–Crippen MR) is 98.6 cm³/mol. The van der Waals surface area contributed by atoms with Crippen molar-refractivity contribution in [3.8, 4) is 0 Å². The number of benzene rings is 1. The number of aliphatic hydroxyl groups is 1. The van der Waals surface area contributed by atoms with Crippen molar-refractivity contribution < 1.29 is 19.1 Å². The molecule has 0 fully saturated rings. The number of hydrogen-bond acceptors (Lipinski definition) is 5. The first-order chi connectivity index (χ1) is 13.1. The number of furan rings is 1. The maximum Gasteiger partial charge on any atom is 0.295 e. The topological polar surface area (TPSA) is 83.6 Å². The Balaban J connectivity index is 1.88. The summed E-state index contributed by atoms with van der Waals surface area (Å²) in [6, 6.07) is 14.0. The van der Waals surface area contributed by atoms with E-state index in [9.17, 15) is 14.7 Å². The highest BCUT2D eigenvalue weighted by Gasteiger charge is 2.45. The van der Waals surface area contributed by atoms with E-state index in [2.05, 4.69) is 4.98 Å². The molecule has 0 spiro atoms. The molecule has 27 heavy (non-hydrogen) atoms. The highest BCUT2D eigenvalue weighted by atomic mass is 35.5.